The van der Waals surface area contributed by atoms with Gasteiger partial charge in [0, 0.05) is 21.3 Å². The maximum atomic E-state index is 5.11. The minimum atomic E-state index is -0.796. The molecule has 0 saturated carbocycles. The van der Waals surface area contributed by atoms with Crippen molar-refractivity contribution in [3.05, 3.63) is 0 Å². The standard InChI is InChI=1S/C7H16O3Si/c1-5-6-11-7(8-2,9-3)10-4/h5-6H2,1-4H3. The summed E-state index contributed by atoms with van der Waals surface area (Å²) in [4.78, 5) is 0. The smallest absolute Gasteiger partial charge is 0.250 e. The van der Waals surface area contributed by atoms with Crippen molar-refractivity contribution in [2.75, 3.05) is 21.3 Å². The van der Waals surface area contributed by atoms with Crippen LogP contribution in [0.1, 0.15) is 13.3 Å². The minimum Gasteiger partial charge on any atom is -0.335 e. The van der Waals surface area contributed by atoms with Crippen LogP contribution < -0.4 is 0 Å². The summed E-state index contributed by atoms with van der Waals surface area (Å²) in [5, 5.41) is 0. The minimum absolute atomic E-state index is 0.527. The van der Waals surface area contributed by atoms with E-state index in [1.54, 1.807) is 21.3 Å². The van der Waals surface area contributed by atoms with Gasteiger partial charge in [-0.15, -0.1) is 0 Å². The zero-order chi connectivity index (χ0) is 8.74. The van der Waals surface area contributed by atoms with Crippen LogP contribution in [0.4, 0.5) is 0 Å². The van der Waals surface area contributed by atoms with E-state index in [0.29, 0.717) is 9.52 Å². The number of rotatable bonds is 6. The maximum absolute atomic E-state index is 5.11. The largest absolute Gasteiger partial charge is 0.335 e. The lowest BCUT2D eigenvalue weighted by Gasteiger charge is -2.28. The van der Waals surface area contributed by atoms with Gasteiger partial charge in [0.05, 0.1) is 0 Å². The van der Waals surface area contributed by atoms with Crippen LogP contribution in [-0.2, 0) is 14.2 Å². The summed E-state index contributed by atoms with van der Waals surface area (Å²) in [6.45, 7) is 2.12. The van der Waals surface area contributed by atoms with Crippen molar-refractivity contribution < 1.29 is 14.2 Å². The SMILES string of the molecule is CCC[Si]C(OC)(OC)OC. The second-order valence-corrected chi connectivity index (χ2v) is 3.56. The summed E-state index contributed by atoms with van der Waals surface area (Å²) >= 11 is 0. The second kappa shape index (κ2) is 5.71. The first kappa shape index (κ1) is 11.1. The third-order valence-electron chi connectivity index (χ3n) is 1.40. The molecule has 0 aliphatic rings. The predicted molar refractivity (Wildman–Crippen MR) is 44.6 cm³/mol. The zero-order valence-electron chi connectivity index (χ0n) is 7.64. The molecule has 0 rings (SSSR count). The molecule has 0 N–H and O–H groups in total. The third kappa shape index (κ3) is 3.33. The monoisotopic (exact) mass is 176 g/mol. The zero-order valence-corrected chi connectivity index (χ0v) is 8.64. The van der Waals surface area contributed by atoms with E-state index in [4.69, 9.17) is 14.2 Å². The van der Waals surface area contributed by atoms with Crippen LogP contribution in [0.2, 0.25) is 6.04 Å². The molecular formula is C7H16O3Si. The molecule has 0 amide bonds. The van der Waals surface area contributed by atoms with E-state index in [-0.39, 0.29) is 0 Å². The van der Waals surface area contributed by atoms with E-state index < -0.39 is 5.60 Å². The van der Waals surface area contributed by atoms with Gasteiger partial charge >= 0.3 is 0 Å². The average molecular weight is 176 g/mol. The van der Waals surface area contributed by atoms with Crippen LogP contribution in [0.15, 0.2) is 0 Å². The van der Waals surface area contributed by atoms with Crippen molar-refractivity contribution in [1.29, 1.82) is 0 Å². The predicted octanol–water partition coefficient (Wildman–Crippen LogP) is 1.07. The van der Waals surface area contributed by atoms with E-state index in [1.807, 2.05) is 0 Å². The first-order valence-electron chi connectivity index (χ1n) is 3.65. The lowest BCUT2D eigenvalue weighted by atomic mass is 10.6. The Balaban J connectivity index is 3.84. The summed E-state index contributed by atoms with van der Waals surface area (Å²) in [6, 6.07) is 1.06. The summed E-state index contributed by atoms with van der Waals surface area (Å²) in [7, 11) is 5.31. The van der Waals surface area contributed by atoms with Crippen LogP contribution in [0, 0.1) is 0 Å². The fraction of sp³-hybridized carbons (Fsp3) is 1.00. The molecule has 0 saturated heterocycles. The molecule has 11 heavy (non-hydrogen) atoms. The molecule has 0 aromatic rings. The molecule has 4 heteroatoms. The van der Waals surface area contributed by atoms with E-state index in [0.717, 1.165) is 12.5 Å². The molecule has 2 radical (unpaired) electrons. The third-order valence-corrected chi connectivity index (χ3v) is 3.19. The number of hydrogen-bond acceptors (Lipinski definition) is 3. The first-order chi connectivity index (χ1) is 5.24. The van der Waals surface area contributed by atoms with Gasteiger partial charge in [-0.1, -0.05) is 19.4 Å². The van der Waals surface area contributed by atoms with Crippen LogP contribution in [0.25, 0.3) is 0 Å². The normalized spacial score (nSPS) is 12.0. The Kier molecular flexibility index (Phi) is 5.76. The summed E-state index contributed by atoms with van der Waals surface area (Å²) in [6.07, 6.45) is 1.12. The van der Waals surface area contributed by atoms with Gasteiger partial charge in [0.2, 0.25) is 0 Å². The highest BCUT2D eigenvalue weighted by molar-refractivity contribution is 6.38. The number of hydrogen-bond donors (Lipinski definition) is 0. The van der Waals surface area contributed by atoms with Gasteiger partial charge in [0.25, 0.3) is 5.60 Å². The Bertz CT molecular complexity index is 85.4. The van der Waals surface area contributed by atoms with E-state index in [2.05, 4.69) is 6.92 Å². The van der Waals surface area contributed by atoms with Gasteiger partial charge in [-0.2, -0.15) is 0 Å². The maximum Gasteiger partial charge on any atom is 0.250 e. The number of ether oxygens (including phenoxy) is 3. The Morgan fingerprint density at radius 3 is 1.82 bits per heavy atom. The molecule has 0 heterocycles. The molecule has 0 aromatic carbocycles. The molecule has 0 bridgehead atoms. The van der Waals surface area contributed by atoms with Crippen molar-refractivity contribution in [3.63, 3.8) is 0 Å². The molecule has 0 aromatic heterocycles. The van der Waals surface area contributed by atoms with Crippen LogP contribution >= 0.6 is 0 Å². The fourth-order valence-electron chi connectivity index (χ4n) is 0.745. The second-order valence-electron chi connectivity index (χ2n) is 2.10. The Labute approximate surface area is 70.8 Å². The van der Waals surface area contributed by atoms with Crippen LogP contribution in [0.5, 0.6) is 0 Å². The Hall–Kier alpha value is 0.0969. The van der Waals surface area contributed by atoms with Gasteiger partial charge in [-0.25, -0.2) is 0 Å². The molecule has 0 unspecified atom stereocenters. The molecule has 0 fully saturated rings. The highest BCUT2D eigenvalue weighted by Crippen LogP contribution is 2.12. The van der Waals surface area contributed by atoms with Crippen LogP contribution in [-0.4, -0.2) is 36.4 Å². The van der Waals surface area contributed by atoms with E-state index in [9.17, 15) is 0 Å². The van der Waals surface area contributed by atoms with Gasteiger partial charge in [-0.3, -0.25) is 0 Å². The van der Waals surface area contributed by atoms with Gasteiger partial charge in [0.15, 0.2) is 9.52 Å². The van der Waals surface area contributed by atoms with Crippen molar-refractivity contribution in [2.45, 2.75) is 25.0 Å². The quantitative estimate of drug-likeness (QED) is 0.447. The van der Waals surface area contributed by atoms with Crippen LogP contribution in [0.3, 0.4) is 0 Å². The van der Waals surface area contributed by atoms with Gasteiger partial charge in [0.1, 0.15) is 0 Å². The summed E-state index contributed by atoms with van der Waals surface area (Å²) < 4.78 is 15.3. The lowest BCUT2D eigenvalue weighted by Crippen LogP contribution is -2.42. The first-order valence-corrected chi connectivity index (χ1v) is 4.85. The van der Waals surface area contributed by atoms with Gasteiger partial charge in [-0.05, 0) is 0 Å². The summed E-state index contributed by atoms with van der Waals surface area (Å²) in [5.74, 6) is 0. The lowest BCUT2D eigenvalue weighted by molar-refractivity contribution is -0.294. The average Bonchev–Trinajstić information content (AvgIpc) is 2.08. The molecule has 66 valence electrons. The molecule has 0 aliphatic heterocycles. The fourth-order valence-corrected chi connectivity index (χ4v) is 1.73. The molecule has 0 atom stereocenters. The van der Waals surface area contributed by atoms with E-state index >= 15 is 0 Å². The molecular weight excluding hydrogens is 160 g/mol. The molecule has 0 aliphatic carbocycles. The molecule has 0 spiro atoms. The van der Waals surface area contributed by atoms with Crippen molar-refractivity contribution in [2.24, 2.45) is 0 Å². The van der Waals surface area contributed by atoms with Crippen molar-refractivity contribution >= 4 is 9.52 Å². The highest BCUT2D eigenvalue weighted by atomic mass is 28.2. The van der Waals surface area contributed by atoms with Crippen molar-refractivity contribution in [3.8, 4) is 0 Å². The van der Waals surface area contributed by atoms with Crippen molar-refractivity contribution in [1.82, 2.24) is 0 Å². The topological polar surface area (TPSA) is 27.7 Å². The Morgan fingerprint density at radius 2 is 1.55 bits per heavy atom. The molecule has 3 nitrogen and oxygen atoms in total. The van der Waals surface area contributed by atoms with E-state index in [1.165, 1.54) is 0 Å². The Morgan fingerprint density at radius 1 is 1.09 bits per heavy atom. The van der Waals surface area contributed by atoms with Gasteiger partial charge < -0.3 is 14.2 Å². The number of methoxy groups -OCH3 is 3. The highest BCUT2D eigenvalue weighted by Gasteiger charge is 2.28. The summed E-state index contributed by atoms with van der Waals surface area (Å²) in [5.41, 5.74) is -0.796.